The SMILES string of the molecule is Cc1cc(C)cc(OCCCNC(C)(C)C)c1. The van der Waals surface area contributed by atoms with E-state index >= 15 is 0 Å². The second-order valence-corrected chi connectivity index (χ2v) is 5.70. The Morgan fingerprint density at radius 1 is 1.06 bits per heavy atom. The van der Waals surface area contributed by atoms with E-state index in [2.05, 4.69) is 58.1 Å². The van der Waals surface area contributed by atoms with Crippen molar-refractivity contribution in [3.05, 3.63) is 29.3 Å². The number of hydrogen-bond donors (Lipinski definition) is 1. The van der Waals surface area contributed by atoms with Crippen LogP contribution < -0.4 is 10.1 Å². The lowest BCUT2D eigenvalue weighted by Gasteiger charge is -2.20. The van der Waals surface area contributed by atoms with E-state index in [4.69, 9.17) is 4.74 Å². The molecule has 1 aromatic carbocycles. The molecule has 0 aliphatic carbocycles. The fourth-order valence-corrected chi connectivity index (χ4v) is 1.74. The molecule has 0 amide bonds. The van der Waals surface area contributed by atoms with E-state index in [-0.39, 0.29) is 5.54 Å². The topological polar surface area (TPSA) is 21.3 Å². The van der Waals surface area contributed by atoms with E-state index in [0.29, 0.717) is 0 Å². The number of benzene rings is 1. The molecule has 0 saturated carbocycles. The summed E-state index contributed by atoms with van der Waals surface area (Å²) >= 11 is 0. The fraction of sp³-hybridized carbons (Fsp3) is 0.600. The summed E-state index contributed by atoms with van der Waals surface area (Å²) in [5.41, 5.74) is 2.71. The van der Waals surface area contributed by atoms with E-state index in [0.717, 1.165) is 25.3 Å². The number of rotatable bonds is 5. The van der Waals surface area contributed by atoms with Gasteiger partial charge >= 0.3 is 0 Å². The molecule has 1 rings (SSSR count). The zero-order valence-electron chi connectivity index (χ0n) is 11.8. The van der Waals surface area contributed by atoms with Crippen LogP contribution in [0.3, 0.4) is 0 Å². The first-order chi connectivity index (χ1) is 7.87. The predicted molar refractivity (Wildman–Crippen MR) is 73.8 cm³/mol. The van der Waals surface area contributed by atoms with Crippen molar-refractivity contribution in [1.82, 2.24) is 5.32 Å². The van der Waals surface area contributed by atoms with Crippen LogP contribution in [0, 0.1) is 13.8 Å². The molecule has 0 unspecified atom stereocenters. The molecule has 0 radical (unpaired) electrons. The number of ether oxygens (including phenoxy) is 1. The molecule has 0 atom stereocenters. The Morgan fingerprint density at radius 2 is 1.65 bits per heavy atom. The Bertz CT molecular complexity index is 332. The van der Waals surface area contributed by atoms with Crippen molar-refractivity contribution in [2.24, 2.45) is 0 Å². The second kappa shape index (κ2) is 6.06. The molecule has 0 saturated heterocycles. The molecule has 0 fully saturated rings. The molecule has 0 spiro atoms. The van der Waals surface area contributed by atoms with Gasteiger partial charge in [-0.1, -0.05) is 6.07 Å². The van der Waals surface area contributed by atoms with Crippen LogP contribution >= 0.6 is 0 Å². The molecule has 2 nitrogen and oxygen atoms in total. The van der Waals surface area contributed by atoms with Crippen LogP contribution in [-0.2, 0) is 0 Å². The highest BCUT2D eigenvalue weighted by molar-refractivity contribution is 5.32. The van der Waals surface area contributed by atoms with Crippen LogP contribution in [0.5, 0.6) is 5.75 Å². The number of nitrogens with one attached hydrogen (secondary N) is 1. The van der Waals surface area contributed by atoms with Crippen molar-refractivity contribution in [3.8, 4) is 5.75 Å². The molecule has 0 aliphatic rings. The average molecular weight is 235 g/mol. The molecule has 0 bridgehead atoms. The van der Waals surface area contributed by atoms with Crippen LogP contribution in [-0.4, -0.2) is 18.7 Å². The highest BCUT2D eigenvalue weighted by atomic mass is 16.5. The summed E-state index contributed by atoms with van der Waals surface area (Å²) in [5.74, 6) is 0.984. The summed E-state index contributed by atoms with van der Waals surface area (Å²) < 4.78 is 5.74. The Hall–Kier alpha value is -1.02. The Labute approximate surface area is 105 Å². The van der Waals surface area contributed by atoms with E-state index in [1.165, 1.54) is 11.1 Å². The maximum atomic E-state index is 5.74. The van der Waals surface area contributed by atoms with Gasteiger partial charge in [0.1, 0.15) is 5.75 Å². The van der Waals surface area contributed by atoms with Gasteiger partial charge in [0, 0.05) is 5.54 Å². The van der Waals surface area contributed by atoms with Crippen LogP contribution in [0.15, 0.2) is 18.2 Å². The van der Waals surface area contributed by atoms with Gasteiger partial charge in [0.15, 0.2) is 0 Å². The highest BCUT2D eigenvalue weighted by Crippen LogP contribution is 2.16. The minimum atomic E-state index is 0.194. The Morgan fingerprint density at radius 3 is 2.18 bits per heavy atom. The van der Waals surface area contributed by atoms with E-state index in [1.807, 2.05) is 0 Å². The van der Waals surface area contributed by atoms with Crippen molar-refractivity contribution in [3.63, 3.8) is 0 Å². The van der Waals surface area contributed by atoms with Crippen molar-refractivity contribution in [1.29, 1.82) is 0 Å². The van der Waals surface area contributed by atoms with E-state index < -0.39 is 0 Å². The maximum Gasteiger partial charge on any atom is 0.119 e. The summed E-state index contributed by atoms with van der Waals surface area (Å²) in [6, 6.07) is 6.34. The summed E-state index contributed by atoms with van der Waals surface area (Å²) in [4.78, 5) is 0. The third kappa shape index (κ3) is 6.32. The average Bonchev–Trinajstić information content (AvgIpc) is 2.13. The maximum absolute atomic E-state index is 5.74. The molecule has 0 aliphatic heterocycles. The van der Waals surface area contributed by atoms with Crippen LogP contribution in [0.25, 0.3) is 0 Å². The smallest absolute Gasteiger partial charge is 0.119 e. The monoisotopic (exact) mass is 235 g/mol. The third-order valence-electron chi connectivity index (χ3n) is 2.44. The lowest BCUT2D eigenvalue weighted by Crippen LogP contribution is -2.36. The van der Waals surface area contributed by atoms with Crippen LogP contribution in [0.1, 0.15) is 38.3 Å². The molecule has 2 heteroatoms. The van der Waals surface area contributed by atoms with Crippen LogP contribution in [0.2, 0.25) is 0 Å². The Balaban J connectivity index is 2.27. The van der Waals surface area contributed by atoms with Gasteiger partial charge in [0.05, 0.1) is 6.61 Å². The van der Waals surface area contributed by atoms with Gasteiger partial charge in [0.2, 0.25) is 0 Å². The standard InChI is InChI=1S/C15H25NO/c1-12-9-13(2)11-14(10-12)17-8-6-7-16-15(3,4)5/h9-11,16H,6-8H2,1-5H3. The normalized spacial score (nSPS) is 11.6. The van der Waals surface area contributed by atoms with Gasteiger partial charge in [-0.05, 0) is 70.8 Å². The first-order valence-electron chi connectivity index (χ1n) is 6.33. The number of hydrogen-bond acceptors (Lipinski definition) is 2. The van der Waals surface area contributed by atoms with Gasteiger partial charge in [-0.25, -0.2) is 0 Å². The summed E-state index contributed by atoms with van der Waals surface area (Å²) in [6.45, 7) is 12.5. The fourth-order valence-electron chi connectivity index (χ4n) is 1.74. The zero-order valence-corrected chi connectivity index (χ0v) is 11.8. The molecule has 0 heterocycles. The molecule has 1 N–H and O–H groups in total. The third-order valence-corrected chi connectivity index (χ3v) is 2.44. The summed E-state index contributed by atoms with van der Waals surface area (Å²) in [5, 5.41) is 3.45. The Kier molecular flexibility index (Phi) is 5.01. The molecular formula is C15H25NO. The predicted octanol–water partition coefficient (Wildman–Crippen LogP) is 3.46. The second-order valence-electron chi connectivity index (χ2n) is 5.70. The summed E-state index contributed by atoms with van der Waals surface area (Å²) in [7, 11) is 0. The van der Waals surface area contributed by atoms with Crippen molar-refractivity contribution in [2.45, 2.75) is 46.6 Å². The van der Waals surface area contributed by atoms with Crippen molar-refractivity contribution >= 4 is 0 Å². The number of aryl methyl sites for hydroxylation is 2. The molecule has 0 aromatic heterocycles. The summed E-state index contributed by atoms with van der Waals surface area (Å²) in [6.07, 6.45) is 1.03. The molecular weight excluding hydrogens is 210 g/mol. The quantitative estimate of drug-likeness (QED) is 0.789. The van der Waals surface area contributed by atoms with Gasteiger partial charge in [-0.3, -0.25) is 0 Å². The highest BCUT2D eigenvalue weighted by Gasteiger charge is 2.07. The van der Waals surface area contributed by atoms with E-state index in [9.17, 15) is 0 Å². The van der Waals surface area contributed by atoms with Gasteiger partial charge in [-0.15, -0.1) is 0 Å². The minimum Gasteiger partial charge on any atom is -0.494 e. The first-order valence-corrected chi connectivity index (χ1v) is 6.33. The first kappa shape index (κ1) is 14.0. The molecule has 17 heavy (non-hydrogen) atoms. The van der Waals surface area contributed by atoms with Crippen molar-refractivity contribution < 1.29 is 4.74 Å². The lowest BCUT2D eigenvalue weighted by molar-refractivity contribution is 0.298. The van der Waals surface area contributed by atoms with E-state index in [1.54, 1.807) is 0 Å². The van der Waals surface area contributed by atoms with Gasteiger partial charge < -0.3 is 10.1 Å². The molecule has 96 valence electrons. The van der Waals surface area contributed by atoms with Gasteiger partial charge in [-0.2, -0.15) is 0 Å². The van der Waals surface area contributed by atoms with Crippen molar-refractivity contribution in [2.75, 3.05) is 13.2 Å². The largest absolute Gasteiger partial charge is 0.494 e. The zero-order chi connectivity index (χ0) is 12.9. The minimum absolute atomic E-state index is 0.194. The molecule has 1 aromatic rings. The van der Waals surface area contributed by atoms with Crippen LogP contribution in [0.4, 0.5) is 0 Å². The lowest BCUT2D eigenvalue weighted by atomic mass is 10.1. The van der Waals surface area contributed by atoms with Gasteiger partial charge in [0.25, 0.3) is 0 Å².